The summed E-state index contributed by atoms with van der Waals surface area (Å²) in [6.45, 7) is 2.65. The lowest BCUT2D eigenvalue weighted by molar-refractivity contribution is 0.1000. The minimum absolute atomic E-state index is 0.296. The highest BCUT2D eigenvalue weighted by Crippen LogP contribution is 2.26. The monoisotopic (exact) mass is 236 g/mol. The Kier molecular flexibility index (Phi) is 3.43. The normalized spacial score (nSPS) is 23.2. The van der Waals surface area contributed by atoms with Gasteiger partial charge in [0.15, 0.2) is 0 Å². The Morgan fingerprint density at radius 1 is 1.53 bits per heavy atom. The number of halogens is 1. The van der Waals surface area contributed by atoms with Gasteiger partial charge in [-0.15, -0.1) is 0 Å². The van der Waals surface area contributed by atoms with Crippen LogP contribution in [0.15, 0.2) is 18.2 Å². The largest absolute Gasteiger partial charge is 0.366 e. The number of hydrogen-bond acceptors (Lipinski definition) is 2. The van der Waals surface area contributed by atoms with Gasteiger partial charge < -0.3 is 11.1 Å². The van der Waals surface area contributed by atoms with Crippen molar-refractivity contribution in [3.8, 4) is 0 Å². The molecule has 1 fully saturated rings. The topological polar surface area (TPSA) is 55.1 Å². The van der Waals surface area contributed by atoms with Crippen LogP contribution in [0.2, 0.25) is 0 Å². The van der Waals surface area contributed by atoms with Crippen molar-refractivity contribution in [2.24, 2.45) is 11.7 Å². The molecular formula is C13H17FN2O. The van der Waals surface area contributed by atoms with Gasteiger partial charge in [-0.1, -0.05) is 6.92 Å². The zero-order valence-corrected chi connectivity index (χ0v) is 9.87. The van der Waals surface area contributed by atoms with Crippen molar-refractivity contribution >= 4 is 5.91 Å². The van der Waals surface area contributed by atoms with Gasteiger partial charge in [-0.3, -0.25) is 4.79 Å². The van der Waals surface area contributed by atoms with Gasteiger partial charge in [0.2, 0.25) is 5.91 Å². The van der Waals surface area contributed by atoms with Crippen molar-refractivity contribution in [3.05, 3.63) is 35.1 Å². The number of nitrogens with one attached hydrogen (secondary N) is 1. The molecule has 1 aromatic carbocycles. The van der Waals surface area contributed by atoms with E-state index in [2.05, 4.69) is 12.2 Å². The van der Waals surface area contributed by atoms with E-state index in [4.69, 9.17) is 5.73 Å². The second kappa shape index (κ2) is 4.84. The van der Waals surface area contributed by atoms with Gasteiger partial charge >= 0.3 is 0 Å². The van der Waals surface area contributed by atoms with E-state index in [1.54, 1.807) is 0 Å². The minimum atomic E-state index is -0.525. The zero-order valence-electron chi connectivity index (χ0n) is 9.87. The lowest BCUT2D eigenvalue weighted by Gasteiger charge is -2.33. The molecule has 1 aliphatic carbocycles. The van der Waals surface area contributed by atoms with E-state index in [1.807, 2.05) is 0 Å². The Hall–Kier alpha value is -1.42. The van der Waals surface area contributed by atoms with Crippen molar-refractivity contribution < 1.29 is 9.18 Å². The van der Waals surface area contributed by atoms with Crippen LogP contribution in [0.5, 0.6) is 0 Å². The molecular weight excluding hydrogens is 219 g/mol. The summed E-state index contributed by atoms with van der Waals surface area (Å²) in [6.07, 6.45) is 2.27. The standard InChI is InChI=1S/C13H17FN2O/c1-8-4-11(5-8)16-7-10-6-9(13(15)17)2-3-12(10)14/h2-3,6,8,11,16H,4-5,7H2,1H3,(H2,15,17). The SMILES string of the molecule is CC1CC(NCc2cc(C(N)=O)ccc2F)C1. The van der Waals surface area contributed by atoms with E-state index >= 15 is 0 Å². The number of nitrogens with two attached hydrogens (primary N) is 1. The van der Waals surface area contributed by atoms with Crippen molar-refractivity contribution in [1.29, 1.82) is 0 Å². The predicted octanol–water partition coefficient (Wildman–Crippen LogP) is 1.81. The summed E-state index contributed by atoms with van der Waals surface area (Å²) in [4.78, 5) is 11.0. The van der Waals surface area contributed by atoms with Crippen LogP contribution >= 0.6 is 0 Å². The summed E-state index contributed by atoms with van der Waals surface area (Å²) >= 11 is 0. The molecule has 1 aromatic rings. The van der Waals surface area contributed by atoms with E-state index in [9.17, 15) is 9.18 Å². The fourth-order valence-electron chi connectivity index (χ4n) is 2.19. The molecule has 1 aliphatic rings. The molecule has 0 bridgehead atoms. The molecule has 0 saturated heterocycles. The average Bonchev–Trinajstić information content (AvgIpc) is 2.24. The first kappa shape index (κ1) is 12.0. The molecule has 0 spiro atoms. The van der Waals surface area contributed by atoms with E-state index < -0.39 is 5.91 Å². The zero-order chi connectivity index (χ0) is 12.4. The second-order valence-electron chi connectivity index (χ2n) is 4.82. The highest BCUT2D eigenvalue weighted by molar-refractivity contribution is 5.92. The van der Waals surface area contributed by atoms with Gasteiger partial charge in [-0.25, -0.2) is 4.39 Å². The molecule has 0 unspecified atom stereocenters. The van der Waals surface area contributed by atoms with E-state index in [-0.39, 0.29) is 5.82 Å². The van der Waals surface area contributed by atoms with Crippen molar-refractivity contribution in [1.82, 2.24) is 5.32 Å². The Bertz CT molecular complexity index is 427. The highest BCUT2D eigenvalue weighted by atomic mass is 19.1. The van der Waals surface area contributed by atoms with E-state index in [0.717, 1.165) is 18.8 Å². The van der Waals surface area contributed by atoms with E-state index in [0.29, 0.717) is 23.7 Å². The molecule has 17 heavy (non-hydrogen) atoms. The van der Waals surface area contributed by atoms with Crippen molar-refractivity contribution in [3.63, 3.8) is 0 Å². The fourth-order valence-corrected chi connectivity index (χ4v) is 2.19. The first-order valence-corrected chi connectivity index (χ1v) is 5.88. The van der Waals surface area contributed by atoms with Gasteiger partial charge in [0, 0.05) is 23.7 Å². The van der Waals surface area contributed by atoms with Crippen LogP contribution in [0.3, 0.4) is 0 Å². The van der Waals surface area contributed by atoms with Crippen LogP contribution in [-0.2, 0) is 6.54 Å². The third-order valence-corrected chi connectivity index (χ3v) is 3.29. The smallest absolute Gasteiger partial charge is 0.248 e. The molecule has 3 nitrogen and oxygen atoms in total. The Morgan fingerprint density at radius 2 is 2.24 bits per heavy atom. The van der Waals surface area contributed by atoms with Gasteiger partial charge in [-0.05, 0) is 37.0 Å². The minimum Gasteiger partial charge on any atom is -0.366 e. The molecule has 3 N–H and O–H groups in total. The molecule has 0 aliphatic heterocycles. The summed E-state index contributed by atoms with van der Waals surface area (Å²) < 4.78 is 13.5. The number of amides is 1. The Balaban J connectivity index is 1.99. The van der Waals surface area contributed by atoms with Crippen LogP contribution in [0, 0.1) is 11.7 Å². The number of carbonyl (C=O) groups is 1. The van der Waals surface area contributed by atoms with Gasteiger partial charge in [0.05, 0.1) is 0 Å². The van der Waals surface area contributed by atoms with Gasteiger partial charge in [-0.2, -0.15) is 0 Å². The van der Waals surface area contributed by atoms with Crippen LogP contribution in [0.25, 0.3) is 0 Å². The van der Waals surface area contributed by atoms with Crippen molar-refractivity contribution in [2.75, 3.05) is 0 Å². The number of rotatable bonds is 4. The third-order valence-electron chi connectivity index (χ3n) is 3.29. The summed E-state index contributed by atoms with van der Waals surface area (Å²) in [6, 6.07) is 4.70. The maximum absolute atomic E-state index is 13.5. The average molecular weight is 236 g/mol. The van der Waals surface area contributed by atoms with Crippen LogP contribution in [0.4, 0.5) is 4.39 Å². The van der Waals surface area contributed by atoms with Gasteiger partial charge in [0.1, 0.15) is 5.82 Å². The first-order chi connectivity index (χ1) is 8.06. The molecule has 1 saturated carbocycles. The molecule has 1 amide bonds. The van der Waals surface area contributed by atoms with Crippen LogP contribution < -0.4 is 11.1 Å². The fraction of sp³-hybridized carbons (Fsp3) is 0.462. The lowest BCUT2D eigenvalue weighted by Crippen LogP contribution is -2.39. The first-order valence-electron chi connectivity index (χ1n) is 5.88. The Labute approximate surface area is 100 Å². The predicted molar refractivity (Wildman–Crippen MR) is 63.9 cm³/mol. The van der Waals surface area contributed by atoms with Crippen molar-refractivity contribution in [2.45, 2.75) is 32.4 Å². The number of hydrogen-bond donors (Lipinski definition) is 2. The number of benzene rings is 1. The highest BCUT2D eigenvalue weighted by Gasteiger charge is 2.24. The maximum atomic E-state index is 13.5. The Morgan fingerprint density at radius 3 is 2.82 bits per heavy atom. The summed E-state index contributed by atoms with van der Waals surface area (Å²) in [5.74, 6) is -0.0623. The van der Waals surface area contributed by atoms with E-state index in [1.165, 1.54) is 18.2 Å². The lowest BCUT2D eigenvalue weighted by atomic mass is 9.82. The maximum Gasteiger partial charge on any atom is 0.248 e. The molecule has 92 valence electrons. The van der Waals surface area contributed by atoms with Crippen LogP contribution in [0.1, 0.15) is 35.7 Å². The van der Waals surface area contributed by atoms with Crippen LogP contribution in [-0.4, -0.2) is 11.9 Å². The molecule has 4 heteroatoms. The quantitative estimate of drug-likeness (QED) is 0.837. The molecule has 0 radical (unpaired) electrons. The molecule has 0 heterocycles. The summed E-state index contributed by atoms with van der Waals surface area (Å²) in [5, 5.41) is 3.28. The number of primary amides is 1. The number of carbonyl (C=O) groups excluding carboxylic acids is 1. The third kappa shape index (κ3) is 2.82. The van der Waals surface area contributed by atoms with Gasteiger partial charge in [0.25, 0.3) is 0 Å². The molecule has 0 atom stereocenters. The summed E-state index contributed by atoms with van der Waals surface area (Å²) in [7, 11) is 0. The molecule has 0 aromatic heterocycles. The molecule has 2 rings (SSSR count). The summed E-state index contributed by atoms with van der Waals surface area (Å²) in [5.41, 5.74) is 6.02. The second-order valence-corrected chi connectivity index (χ2v) is 4.82.